The lowest BCUT2D eigenvalue weighted by Crippen LogP contribution is -2.40. The van der Waals surface area contributed by atoms with Gasteiger partial charge in [-0.15, -0.1) is 0 Å². The van der Waals surface area contributed by atoms with E-state index in [9.17, 15) is 28.4 Å². The molecule has 0 spiro atoms. The first-order valence-electron chi connectivity index (χ1n) is 9.08. The normalized spacial score (nSPS) is 14.9. The quantitative estimate of drug-likeness (QED) is 0.464. The molecular formula is C19H23FN4O6. The number of likely N-dealkylation sites (N-methyl/N-ethyl adjacent to an activating group) is 1. The average molecular weight is 422 g/mol. The second-order valence-electron chi connectivity index (χ2n) is 7.23. The van der Waals surface area contributed by atoms with Crippen LogP contribution >= 0.6 is 0 Å². The molecule has 0 saturated carbocycles. The number of hydrogen-bond acceptors (Lipinski definition) is 6. The van der Waals surface area contributed by atoms with Gasteiger partial charge in [0.1, 0.15) is 11.4 Å². The Morgan fingerprint density at radius 1 is 1.20 bits per heavy atom. The van der Waals surface area contributed by atoms with Crippen LogP contribution in [0.4, 0.5) is 14.9 Å². The summed E-state index contributed by atoms with van der Waals surface area (Å²) in [6.45, 7) is 2.03. The van der Waals surface area contributed by atoms with Crippen molar-refractivity contribution < 1.29 is 33.1 Å². The number of carbonyl (C=O) groups is 5. The van der Waals surface area contributed by atoms with Crippen LogP contribution < -0.4 is 10.6 Å². The molecule has 30 heavy (non-hydrogen) atoms. The van der Waals surface area contributed by atoms with Gasteiger partial charge in [-0.25, -0.2) is 9.18 Å². The summed E-state index contributed by atoms with van der Waals surface area (Å²) in [5, 5.41) is 4.99. The third-order valence-corrected chi connectivity index (χ3v) is 4.28. The topological polar surface area (TPSA) is 125 Å². The number of esters is 1. The SMILES string of the molecule is CN(CC(=O)Nc1ccc(F)cc1)C(=O)COC(=O)CCN1C(=O)NC(C)(C)C1=O. The number of hydrogen-bond donors (Lipinski definition) is 2. The number of carbonyl (C=O) groups excluding carboxylic acids is 5. The van der Waals surface area contributed by atoms with Crippen LogP contribution in [0.1, 0.15) is 20.3 Å². The van der Waals surface area contributed by atoms with Gasteiger partial charge in [-0.1, -0.05) is 0 Å². The number of amides is 5. The van der Waals surface area contributed by atoms with Gasteiger partial charge in [0, 0.05) is 19.3 Å². The minimum Gasteiger partial charge on any atom is -0.456 e. The molecule has 1 fully saturated rings. The minimum atomic E-state index is -1.03. The molecule has 0 radical (unpaired) electrons. The molecule has 0 aliphatic carbocycles. The van der Waals surface area contributed by atoms with Crippen LogP contribution in [0, 0.1) is 5.82 Å². The zero-order chi connectivity index (χ0) is 22.5. The highest BCUT2D eigenvalue weighted by Gasteiger charge is 2.44. The van der Waals surface area contributed by atoms with Gasteiger partial charge in [-0.3, -0.25) is 24.1 Å². The van der Waals surface area contributed by atoms with E-state index in [0.29, 0.717) is 5.69 Å². The second kappa shape index (κ2) is 9.33. The first-order chi connectivity index (χ1) is 14.0. The molecule has 2 N–H and O–H groups in total. The van der Waals surface area contributed by atoms with Crippen LogP contribution in [0.3, 0.4) is 0 Å². The summed E-state index contributed by atoms with van der Waals surface area (Å²) in [4.78, 5) is 61.5. The standard InChI is InChI=1S/C19H23FN4O6/c1-19(2)17(28)24(18(29)22-19)9-8-16(27)30-11-15(26)23(3)10-14(25)21-13-6-4-12(20)5-7-13/h4-7H,8-11H2,1-3H3,(H,21,25)(H,22,29). The highest BCUT2D eigenvalue weighted by Crippen LogP contribution is 2.16. The predicted octanol–water partition coefficient (Wildman–Crippen LogP) is 0.486. The van der Waals surface area contributed by atoms with E-state index in [0.717, 1.165) is 9.80 Å². The van der Waals surface area contributed by atoms with Crippen LogP contribution in [0.25, 0.3) is 0 Å². The number of rotatable bonds is 8. The number of ether oxygens (including phenoxy) is 1. The predicted molar refractivity (Wildman–Crippen MR) is 103 cm³/mol. The van der Waals surface area contributed by atoms with Crippen molar-refractivity contribution in [3.05, 3.63) is 30.1 Å². The Morgan fingerprint density at radius 3 is 2.40 bits per heavy atom. The van der Waals surface area contributed by atoms with E-state index in [1.165, 1.54) is 31.3 Å². The van der Waals surface area contributed by atoms with Crippen molar-refractivity contribution >= 4 is 35.4 Å². The Hall–Kier alpha value is -3.50. The molecule has 5 amide bonds. The van der Waals surface area contributed by atoms with Gasteiger partial charge in [-0.05, 0) is 38.1 Å². The van der Waals surface area contributed by atoms with Crippen LogP contribution in [0.5, 0.6) is 0 Å². The molecule has 1 aliphatic rings. The maximum absolute atomic E-state index is 12.9. The number of benzene rings is 1. The molecular weight excluding hydrogens is 399 g/mol. The molecule has 2 rings (SSSR count). The van der Waals surface area contributed by atoms with E-state index in [1.54, 1.807) is 13.8 Å². The average Bonchev–Trinajstić information content (AvgIpc) is 2.86. The summed E-state index contributed by atoms with van der Waals surface area (Å²) >= 11 is 0. The van der Waals surface area contributed by atoms with Gasteiger partial charge < -0.3 is 20.3 Å². The third-order valence-electron chi connectivity index (χ3n) is 4.28. The van der Waals surface area contributed by atoms with Crippen molar-refractivity contribution in [1.82, 2.24) is 15.1 Å². The number of imide groups is 1. The summed E-state index contributed by atoms with van der Waals surface area (Å²) < 4.78 is 17.7. The molecule has 1 aromatic rings. The molecule has 0 aromatic heterocycles. The summed E-state index contributed by atoms with van der Waals surface area (Å²) in [6, 6.07) is 4.53. The molecule has 1 saturated heterocycles. The summed E-state index contributed by atoms with van der Waals surface area (Å²) in [5.74, 6) is -2.79. The van der Waals surface area contributed by atoms with E-state index in [2.05, 4.69) is 10.6 Å². The van der Waals surface area contributed by atoms with Crippen molar-refractivity contribution in [2.24, 2.45) is 0 Å². The van der Waals surface area contributed by atoms with E-state index in [1.807, 2.05) is 0 Å². The first-order valence-corrected chi connectivity index (χ1v) is 9.08. The van der Waals surface area contributed by atoms with Gasteiger partial charge >= 0.3 is 12.0 Å². The van der Waals surface area contributed by atoms with Crippen molar-refractivity contribution in [2.75, 3.05) is 32.1 Å². The number of urea groups is 1. The highest BCUT2D eigenvalue weighted by molar-refractivity contribution is 6.06. The maximum Gasteiger partial charge on any atom is 0.325 e. The Labute approximate surface area is 172 Å². The lowest BCUT2D eigenvalue weighted by molar-refractivity contribution is -0.152. The van der Waals surface area contributed by atoms with Crippen molar-refractivity contribution in [2.45, 2.75) is 25.8 Å². The highest BCUT2D eigenvalue weighted by atomic mass is 19.1. The lowest BCUT2D eigenvalue weighted by atomic mass is 10.1. The van der Waals surface area contributed by atoms with Gasteiger partial charge in [0.25, 0.3) is 11.8 Å². The Morgan fingerprint density at radius 2 is 1.83 bits per heavy atom. The summed E-state index contributed by atoms with van der Waals surface area (Å²) in [5.41, 5.74) is -0.661. The van der Waals surface area contributed by atoms with Gasteiger partial charge in [-0.2, -0.15) is 0 Å². The zero-order valence-corrected chi connectivity index (χ0v) is 16.9. The Bertz CT molecular complexity index is 855. The lowest BCUT2D eigenvalue weighted by Gasteiger charge is -2.17. The van der Waals surface area contributed by atoms with E-state index in [4.69, 9.17) is 4.74 Å². The van der Waals surface area contributed by atoms with Crippen LogP contribution in [-0.2, 0) is 23.9 Å². The molecule has 11 heteroatoms. The second-order valence-corrected chi connectivity index (χ2v) is 7.23. The summed E-state index contributed by atoms with van der Waals surface area (Å²) in [6.07, 6.45) is -0.267. The maximum atomic E-state index is 12.9. The minimum absolute atomic E-state index is 0.170. The smallest absolute Gasteiger partial charge is 0.325 e. The molecule has 0 bridgehead atoms. The van der Waals surface area contributed by atoms with Crippen molar-refractivity contribution in [3.8, 4) is 0 Å². The van der Waals surface area contributed by atoms with E-state index < -0.39 is 47.7 Å². The molecule has 1 heterocycles. The zero-order valence-electron chi connectivity index (χ0n) is 16.9. The summed E-state index contributed by atoms with van der Waals surface area (Å²) in [7, 11) is 1.36. The fraction of sp³-hybridized carbons (Fsp3) is 0.421. The molecule has 1 aliphatic heterocycles. The number of halogens is 1. The molecule has 1 aromatic carbocycles. The van der Waals surface area contributed by atoms with Gasteiger partial charge in [0.15, 0.2) is 6.61 Å². The molecule has 162 valence electrons. The Balaban J connectivity index is 1.71. The van der Waals surface area contributed by atoms with E-state index in [-0.39, 0.29) is 19.5 Å². The number of nitrogens with one attached hydrogen (secondary N) is 2. The molecule has 10 nitrogen and oxygen atoms in total. The largest absolute Gasteiger partial charge is 0.456 e. The third kappa shape index (κ3) is 6.00. The van der Waals surface area contributed by atoms with E-state index >= 15 is 0 Å². The molecule has 0 atom stereocenters. The molecule has 0 unspecified atom stereocenters. The fourth-order valence-electron chi connectivity index (χ4n) is 2.59. The Kier molecular flexibility index (Phi) is 7.09. The number of anilines is 1. The van der Waals surface area contributed by atoms with Gasteiger partial charge in [0.05, 0.1) is 13.0 Å². The van der Waals surface area contributed by atoms with Crippen LogP contribution in [0.2, 0.25) is 0 Å². The first kappa shape index (κ1) is 22.8. The van der Waals surface area contributed by atoms with Gasteiger partial charge in [0.2, 0.25) is 5.91 Å². The van der Waals surface area contributed by atoms with Crippen molar-refractivity contribution in [3.63, 3.8) is 0 Å². The monoisotopic (exact) mass is 422 g/mol. The van der Waals surface area contributed by atoms with Crippen LogP contribution in [0.15, 0.2) is 24.3 Å². The number of nitrogens with zero attached hydrogens (tertiary/aromatic N) is 2. The fourth-order valence-corrected chi connectivity index (χ4v) is 2.59. The van der Waals surface area contributed by atoms with Crippen molar-refractivity contribution in [1.29, 1.82) is 0 Å². The van der Waals surface area contributed by atoms with Crippen LogP contribution in [-0.4, -0.2) is 71.8 Å².